The Hall–Kier alpha value is -3.15. The maximum absolute atomic E-state index is 14.8. The van der Waals surface area contributed by atoms with E-state index in [0.717, 1.165) is 11.6 Å². The number of carbonyl (C=O) groups excluding carboxylic acids is 1. The minimum atomic E-state index is -1.02. The van der Waals surface area contributed by atoms with Crippen LogP contribution in [0.5, 0.6) is 11.5 Å². The Morgan fingerprint density at radius 2 is 1.71 bits per heavy atom. The van der Waals surface area contributed by atoms with Gasteiger partial charge in [0.05, 0.1) is 5.39 Å². The summed E-state index contributed by atoms with van der Waals surface area (Å²) in [6, 6.07) is 13.2. The van der Waals surface area contributed by atoms with Crippen LogP contribution in [0.15, 0.2) is 48.5 Å². The van der Waals surface area contributed by atoms with Crippen LogP contribution in [0.2, 0.25) is 0 Å². The van der Waals surface area contributed by atoms with Crippen LogP contribution in [-0.2, 0) is 12.0 Å². The molecule has 0 saturated heterocycles. The van der Waals surface area contributed by atoms with E-state index in [4.69, 9.17) is 15.2 Å². The average molecular weight is 385 g/mol. The summed E-state index contributed by atoms with van der Waals surface area (Å²) in [5, 5.41) is 0.394. The Kier molecular flexibility index (Phi) is 5.23. The molecule has 0 unspecified atom stereocenters. The quantitative estimate of drug-likeness (QED) is 0.649. The van der Waals surface area contributed by atoms with E-state index in [1.165, 1.54) is 12.1 Å². The summed E-state index contributed by atoms with van der Waals surface area (Å²) in [5.74, 6) is -1.78. The number of hydrogen-bond acceptors (Lipinski definition) is 3. The molecule has 0 saturated carbocycles. The molecule has 0 spiro atoms. The van der Waals surface area contributed by atoms with Crippen LogP contribution < -0.4 is 15.2 Å². The first kappa shape index (κ1) is 19.6. The molecule has 0 aliphatic heterocycles. The van der Waals surface area contributed by atoms with Crippen LogP contribution >= 0.6 is 0 Å². The fraction of sp³-hybridized carbons (Fsp3) is 0.227. The lowest BCUT2D eigenvalue weighted by Gasteiger charge is -2.25. The molecule has 0 heterocycles. The fourth-order valence-electron chi connectivity index (χ4n) is 3.21. The Morgan fingerprint density at radius 1 is 1.04 bits per heavy atom. The first-order valence-electron chi connectivity index (χ1n) is 8.77. The first-order chi connectivity index (χ1) is 13.2. The van der Waals surface area contributed by atoms with E-state index in [-0.39, 0.29) is 23.5 Å². The molecule has 4 nitrogen and oxygen atoms in total. The third-order valence-electron chi connectivity index (χ3n) is 4.32. The van der Waals surface area contributed by atoms with Gasteiger partial charge in [-0.25, -0.2) is 13.6 Å². The van der Waals surface area contributed by atoms with Crippen molar-refractivity contribution >= 4 is 16.9 Å². The van der Waals surface area contributed by atoms with Gasteiger partial charge in [-0.3, -0.25) is 0 Å². The van der Waals surface area contributed by atoms with Crippen molar-refractivity contribution in [1.82, 2.24) is 0 Å². The minimum absolute atomic E-state index is 0.00215. The third-order valence-corrected chi connectivity index (χ3v) is 4.32. The van der Waals surface area contributed by atoms with Crippen LogP contribution in [0.3, 0.4) is 0 Å². The molecule has 1 amide bonds. The van der Waals surface area contributed by atoms with Gasteiger partial charge >= 0.3 is 6.09 Å². The van der Waals surface area contributed by atoms with E-state index >= 15 is 0 Å². The van der Waals surface area contributed by atoms with E-state index in [9.17, 15) is 13.6 Å². The van der Waals surface area contributed by atoms with Crippen LogP contribution in [0.4, 0.5) is 13.6 Å². The largest absolute Gasteiger partial charge is 0.488 e. The SMILES string of the molecule is CC(C)(C)c1c(OC(N)=O)cc(OCc2ccccc2)c2c(F)c(F)ccc12. The number of benzene rings is 3. The number of rotatable bonds is 4. The van der Waals surface area contributed by atoms with Gasteiger partial charge in [-0.15, -0.1) is 0 Å². The smallest absolute Gasteiger partial charge is 0.409 e. The second kappa shape index (κ2) is 7.46. The van der Waals surface area contributed by atoms with Gasteiger partial charge in [-0.1, -0.05) is 57.2 Å². The highest BCUT2D eigenvalue weighted by Crippen LogP contribution is 2.43. The zero-order valence-corrected chi connectivity index (χ0v) is 15.9. The van der Waals surface area contributed by atoms with Crippen molar-refractivity contribution in [1.29, 1.82) is 0 Å². The van der Waals surface area contributed by atoms with Gasteiger partial charge < -0.3 is 15.2 Å². The van der Waals surface area contributed by atoms with Crippen molar-refractivity contribution in [3.63, 3.8) is 0 Å². The second-order valence-electron chi connectivity index (χ2n) is 7.48. The average Bonchev–Trinajstić information content (AvgIpc) is 2.62. The number of amides is 1. The molecule has 0 atom stereocenters. The Labute approximate surface area is 161 Å². The Morgan fingerprint density at radius 3 is 2.32 bits per heavy atom. The summed E-state index contributed by atoms with van der Waals surface area (Å²) in [6.07, 6.45) is -0.999. The number of primary amides is 1. The molecule has 0 bridgehead atoms. The summed E-state index contributed by atoms with van der Waals surface area (Å²) < 4.78 is 39.7. The summed E-state index contributed by atoms with van der Waals surface area (Å²) in [7, 11) is 0. The Balaban J connectivity index is 2.24. The summed E-state index contributed by atoms with van der Waals surface area (Å²) in [4.78, 5) is 11.4. The van der Waals surface area contributed by atoms with E-state index < -0.39 is 23.1 Å². The molecule has 146 valence electrons. The predicted octanol–water partition coefficient (Wildman–Crippen LogP) is 5.45. The lowest BCUT2D eigenvalue weighted by molar-refractivity contribution is 0.209. The topological polar surface area (TPSA) is 61.5 Å². The van der Waals surface area contributed by atoms with Crippen molar-refractivity contribution < 1.29 is 23.0 Å². The molecule has 0 aliphatic rings. The molecule has 6 heteroatoms. The molecule has 28 heavy (non-hydrogen) atoms. The van der Waals surface area contributed by atoms with Crippen LogP contribution in [-0.4, -0.2) is 6.09 Å². The van der Waals surface area contributed by atoms with Gasteiger partial charge in [0.15, 0.2) is 11.6 Å². The molecule has 0 radical (unpaired) electrons. The van der Waals surface area contributed by atoms with Crippen molar-refractivity contribution in [2.75, 3.05) is 0 Å². The monoisotopic (exact) mass is 385 g/mol. The summed E-state index contributed by atoms with van der Waals surface area (Å²) in [6.45, 7) is 5.76. The summed E-state index contributed by atoms with van der Waals surface area (Å²) >= 11 is 0. The number of fused-ring (bicyclic) bond motifs is 1. The number of carbonyl (C=O) groups is 1. The Bertz CT molecular complexity index is 1030. The molecular formula is C22H21F2NO3. The molecule has 3 aromatic carbocycles. The number of nitrogens with two attached hydrogens (primary N) is 1. The van der Waals surface area contributed by atoms with Gasteiger partial charge in [0.1, 0.15) is 18.1 Å². The van der Waals surface area contributed by atoms with E-state index in [0.29, 0.717) is 10.9 Å². The first-order valence-corrected chi connectivity index (χ1v) is 8.77. The standard InChI is InChI=1S/C22H21F2NO3/c1-22(2,3)19-14-9-10-15(23)20(24)18(14)16(11-17(19)28-21(25)26)27-12-13-7-5-4-6-8-13/h4-11H,12H2,1-3H3,(H2,25,26). The zero-order valence-electron chi connectivity index (χ0n) is 15.9. The van der Waals surface area contributed by atoms with Crippen LogP contribution in [0, 0.1) is 11.6 Å². The van der Waals surface area contributed by atoms with Crippen LogP contribution in [0.25, 0.3) is 10.8 Å². The van der Waals surface area contributed by atoms with Gasteiger partial charge in [0.2, 0.25) is 0 Å². The lowest BCUT2D eigenvalue weighted by Crippen LogP contribution is -2.21. The molecular weight excluding hydrogens is 364 g/mol. The van der Waals surface area contributed by atoms with Gasteiger partial charge in [-0.2, -0.15) is 0 Å². The maximum atomic E-state index is 14.8. The van der Waals surface area contributed by atoms with Crippen molar-refractivity contribution in [2.45, 2.75) is 32.8 Å². The van der Waals surface area contributed by atoms with Crippen molar-refractivity contribution in [3.8, 4) is 11.5 Å². The van der Waals surface area contributed by atoms with Gasteiger partial charge in [0.25, 0.3) is 0 Å². The van der Waals surface area contributed by atoms with Crippen molar-refractivity contribution in [2.24, 2.45) is 5.73 Å². The molecule has 0 aromatic heterocycles. The maximum Gasteiger partial charge on any atom is 0.409 e. The molecule has 2 N–H and O–H groups in total. The minimum Gasteiger partial charge on any atom is -0.488 e. The number of ether oxygens (including phenoxy) is 2. The van der Waals surface area contributed by atoms with Gasteiger partial charge in [-0.05, 0) is 22.4 Å². The number of hydrogen-bond donors (Lipinski definition) is 1. The fourth-order valence-corrected chi connectivity index (χ4v) is 3.21. The van der Waals surface area contributed by atoms with Crippen LogP contribution in [0.1, 0.15) is 31.9 Å². The lowest BCUT2D eigenvalue weighted by atomic mass is 9.82. The highest BCUT2D eigenvalue weighted by molar-refractivity contribution is 5.95. The number of halogens is 2. The van der Waals surface area contributed by atoms with Gasteiger partial charge in [0, 0.05) is 11.6 Å². The molecule has 3 rings (SSSR count). The zero-order chi connectivity index (χ0) is 20.5. The van der Waals surface area contributed by atoms with E-state index in [1.54, 1.807) is 0 Å². The molecule has 0 fully saturated rings. The second-order valence-corrected chi connectivity index (χ2v) is 7.48. The predicted molar refractivity (Wildman–Crippen MR) is 104 cm³/mol. The molecule has 3 aromatic rings. The normalized spacial score (nSPS) is 11.5. The van der Waals surface area contributed by atoms with E-state index in [2.05, 4.69) is 0 Å². The third kappa shape index (κ3) is 3.91. The van der Waals surface area contributed by atoms with Crippen molar-refractivity contribution in [3.05, 3.63) is 71.3 Å². The van der Waals surface area contributed by atoms with E-state index in [1.807, 2.05) is 51.1 Å². The summed E-state index contributed by atoms with van der Waals surface area (Å²) in [5.41, 5.74) is 6.06. The highest BCUT2D eigenvalue weighted by Gasteiger charge is 2.27. The highest BCUT2D eigenvalue weighted by atomic mass is 19.2. The molecule has 0 aliphatic carbocycles.